The number of nitrogens with one attached hydrogen (secondary N) is 3. The van der Waals surface area contributed by atoms with Crippen LogP contribution in [0.4, 0.5) is 11.6 Å². The highest BCUT2D eigenvalue weighted by Crippen LogP contribution is 2.24. The van der Waals surface area contributed by atoms with Gasteiger partial charge in [-0.15, -0.1) is 0 Å². The van der Waals surface area contributed by atoms with Crippen LogP contribution >= 0.6 is 0 Å². The fourth-order valence-corrected chi connectivity index (χ4v) is 3.05. The van der Waals surface area contributed by atoms with Crippen LogP contribution in [0.5, 0.6) is 5.75 Å². The Morgan fingerprint density at radius 1 is 1.06 bits per heavy atom. The predicted octanol–water partition coefficient (Wildman–Crippen LogP) is 4.33. The maximum absolute atomic E-state index is 12.5. The number of benzene rings is 2. The molecule has 4 aromatic rings. The lowest BCUT2D eigenvalue weighted by molar-refractivity contribution is 0.0942. The molecule has 0 saturated heterocycles. The summed E-state index contributed by atoms with van der Waals surface area (Å²) in [6.07, 6.45) is 3.54. The summed E-state index contributed by atoms with van der Waals surface area (Å²) in [5, 5.41) is 6.05. The summed E-state index contributed by atoms with van der Waals surface area (Å²) in [5.74, 6) is 1.08. The zero-order valence-corrected chi connectivity index (χ0v) is 17.1. The van der Waals surface area contributed by atoms with Gasteiger partial charge in [0.05, 0.1) is 12.2 Å². The number of aryl methyl sites for hydroxylation is 1. The average Bonchev–Trinajstić information content (AvgIpc) is 3.29. The predicted molar refractivity (Wildman–Crippen MR) is 121 cm³/mol. The molecule has 0 unspecified atom stereocenters. The van der Waals surface area contributed by atoms with Gasteiger partial charge in [-0.1, -0.05) is 36.4 Å². The van der Waals surface area contributed by atoms with Crippen LogP contribution in [0.3, 0.4) is 0 Å². The van der Waals surface area contributed by atoms with Crippen molar-refractivity contribution in [1.82, 2.24) is 20.3 Å². The van der Waals surface area contributed by atoms with Crippen molar-refractivity contribution in [3.63, 3.8) is 0 Å². The highest BCUT2D eigenvalue weighted by Gasteiger charge is 2.13. The van der Waals surface area contributed by atoms with Crippen LogP contribution < -0.4 is 15.4 Å². The van der Waals surface area contributed by atoms with Crippen molar-refractivity contribution in [3.8, 4) is 17.0 Å². The van der Waals surface area contributed by atoms with Crippen molar-refractivity contribution in [2.75, 3.05) is 18.5 Å². The Morgan fingerprint density at radius 3 is 2.58 bits per heavy atom. The molecule has 0 atom stereocenters. The van der Waals surface area contributed by atoms with Gasteiger partial charge in [0, 0.05) is 23.6 Å². The molecular weight excluding hydrogens is 390 g/mol. The molecular formula is C24H23N5O2. The number of para-hydroxylation sites is 2. The number of hydrogen-bond donors (Lipinski definition) is 3. The van der Waals surface area contributed by atoms with Gasteiger partial charge in [-0.2, -0.15) is 0 Å². The van der Waals surface area contributed by atoms with E-state index in [2.05, 4.69) is 25.6 Å². The first-order valence-corrected chi connectivity index (χ1v) is 9.99. The van der Waals surface area contributed by atoms with Crippen molar-refractivity contribution in [1.29, 1.82) is 0 Å². The number of rotatable bonds is 8. The molecule has 0 aliphatic carbocycles. The Bertz CT molecular complexity index is 1140. The molecule has 7 nitrogen and oxygen atoms in total. The second-order valence-electron chi connectivity index (χ2n) is 6.94. The minimum absolute atomic E-state index is 0.197. The third-order valence-corrected chi connectivity index (χ3v) is 4.60. The van der Waals surface area contributed by atoms with Gasteiger partial charge in [-0.3, -0.25) is 4.79 Å². The molecule has 7 heteroatoms. The van der Waals surface area contributed by atoms with Gasteiger partial charge in [0.15, 0.2) is 0 Å². The lowest BCUT2D eigenvalue weighted by Crippen LogP contribution is -2.28. The van der Waals surface area contributed by atoms with Crippen molar-refractivity contribution in [3.05, 3.63) is 90.4 Å². The highest BCUT2D eigenvalue weighted by molar-refractivity contribution is 5.93. The third kappa shape index (κ3) is 5.27. The smallest absolute Gasteiger partial charge is 0.267 e. The number of carbonyl (C=O) groups excluding carboxylic acids is 1. The fraction of sp³-hybridized carbons (Fsp3) is 0.125. The summed E-state index contributed by atoms with van der Waals surface area (Å²) in [7, 11) is 0. The van der Waals surface area contributed by atoms with Crippen LogP contribution in [0.15, 0.2) is 79.1 Å². The van der Waals surface area contributed by atoms with E-state index in [4.69, 9.17) is 4.74 Å². The maximum Gasteiger partial charge on any atom is 0.267 e. The largest absolute Gasteiger partial charge is 0.492 e. The molecule has 2 aromatic carbocycles. The lowest BCUT2D eigenvalue weighted by Gasteiger charge is -2.08. The molecule has 0 radical (unpaired) electrons. The Hall–Kier alpha value is -4.13. The van der Waals surface area contributed by atoms with Crippen molar-refractivity contribution >= 4 is 17.5 Å². The fourth-order valence-electron chi connectivity index (χ4n) is 3.05. The van der Waals surface area contributed by atoms with Crippen LogP contribution in [0.25, 0.3) is 11.3 Å². The number of nitrogens with zero attached hydrogens (tertiary/aromatic N) is 2. The molecule has 0 bridgehead atoms. The van der Waals surface area contributed by atoms with Gasteiger partial charge in [-0.05, 0) is 42.8 Å². The van der Waals surface area contributed by atoms with E-state index in [0.717, 1.165) is 28.3 Å². The molecule has 3 N–H and O–H groups in total. The first-order chi connectivity index (χ1) is 15.2. The van der Waals surface area contributed by atoms with Crippen LogP contribution in [0, 0.1) is 6.92 Å². The standard InChI is InChI=1S/C24H23N5O2/c1-17-15-27-24(28-19-8-4-2-5-9-19)29-22(17)18-14-21(26-16-18)23(30)25-12-13-31-20-10-6-3-7-11-20/h2-11,14-16,26H,12-13H2,1H3,(H,25,30)(H,27,28,29). The molecule has 0 aliphatic rings. The molecule has 0 aliphatic heterocycles. The topological polar surface area (TPSA) is 91.9 Å². The van der Waals surface area contributed by atoms with Crippen LogP contribution in [-0.4, -0.2) is 34.0 Å². The van der Waals surface area contributed by atoms with Gasteiger partial charge in [0.1, 0.15) is 18.1 Å². The van der Waals surface area contributed by atoms with E-state index in [1.165, 1.54) is 0 Å². The van der Waals surface area contributed by atoms with Crippen molar-refractivity contribution in [2.45, 2.75) is 6.92 Å². The molecule has 0 spiro atoms. The second kappa shape index (κ2) is 9.58. The molecule has 2 heterocycles. The van der Waals surface area contributed by atoms with Crippen molar-refractivity contribution < 1.29 is 9.53 Å². The first kappa shape index (κ1) is 20.2. The van der Waals surface area contributed by atoms with E-state index >= 15 is 0 Å². The molecule has 0 saturated carbocycles. The van der Waals surface area contributed by atoms with E-state index in [9.17, 15) is 4.79 Å². The number of ether oxygens (including phenoxy) is 1. The molecule has 31 heavy (non-hydrogen) atoms. The van der Waals surface area contributed by atoms with Crippen LogP contribution in [-0.2, 0) is 0 Å². The normalized spacial score (nSPS) is 10.5. The number of anilines is 2. The number of hydrogen-bond acceptors (Lipinski definition) is 5. The number of aromatic nitrogens is 3. The third-order valence-electron chi connectivity index (χ3n) is 4.60. The van der Waals surface area contributed by atoms with E-state index in [1.807, 2.05) is 67.6 Å². The van der Waals surface area contributed by atoms with Gasteiger partial charge in [0.25, 0.3) is 5.91 Å². The Balaban J connectivity index is 1.38. The number of H-pyrrole nitrogens is 1. The van der Waals surface area contributed by atoms with E-state index in [0.29, 0.717) is 24.8 Å². The zero-order valence-electron chi connectivity index (χ0n) is 17.1. The lowest BCUT2D eigenvalue weighted by atomic mass is 10.1. The molecule has 156 valence electrons. The SMILES string of the molecule is Cc1cnc(Nc2ccccc2)nc1-c1c[nH]c(C(=O)NCCOc2ccccc2)c1. The van der Waals surface area contributed by atoms with E-state index in [1.54, 1.807) is 18.5 Å². The number of amides is 1. The van der Waals surface area contributed by atoms with Gasteiger partial charge >= 0.3 is 0 Å². The second-order valence-corrected chi connectivity index (χ2v) is 6.94. The maximum atomic E-state index is 12.5. The van der Waals surface area contributed by atoms with Crippen LogP contribution in [0.2, 0.25) is 0 Å². The quantitative estimate of drug-likeness (QED) is 0.374. The average molecular weight is 413 g/mol. The molecule has 0 fully saturated rings. The van der Waals surface area contributed by atoms with Gasteiger partial charge in [-0.25, -0.2) is 9.97 Å². The minimum atomic E-state index is -0.197. The van der Waals surface area contributed by atoms with E-state index in [-0.39, 0.29) is 5.91 Å². The molecule has 1 amide bonds. The summed E-state index contributed by atoms with van der Waals surface area (Å²) < 4.78 is 5.60. The summed E-state index contributed by atoms with van der Waals surface area (Å²) in [4.78, 5) is 24.5. The van der Waals surface area contributed by atoms with Crippen molar-refractivity contribution in [2.24, 2.45) is 0 Å². The summed E-state index contributed by atoms with van der Waals surface area (Å²) in [5.41, 5.74) is 3.87. The van der Waals surface area contributed by atoms with E-state index < -0.39 is 0 Å². The summed E-state index contributed by atoms with van der Waals surface area (Å²) in [6, 6.07) is 21.0. The Labute approximate surface area is 180 Å². The Morgan fingerprint density at radius 2 is 1.81 bits per heavy atom. The minimum Gasteiger partial charge on any atom is -0.492 e. The highest BCUT2D eigenvalue weighted by atomic mass is 16.5. The Kier molecular flexibility index (Phi) is 6.23. The summed E-state index contributed by atoms with van der Waals surface area (Å²) >= 11 is 0. The molecule has 4 rings (SSSR count). The van der Waals surface area contributed by atoms with Gasteiger partial charge < -0.3 is 20.4 Å². The van der Waals surface area contributed by atoms with Crippen LogP contribution in [0.1, 0.15) is 16.1 Å². The first-order valence-electron chi connectivity index (χ1n) is 9.99. The molecule has 2 aromatic heterocycles. The summed E-state index contributed by atoms with van der Waals surface area (Å²) in [6.45, 7) is 2.73. The zero-order chi connectivity index (χ0) is 21.5. The van der Waals surface area contributed by atoms with Gasteiger partial charge in [0.2, 0.25) is 5.95 Å². The number of aromatic amines is 1. The number of carbonyl (C=O) groups is 1. The monoisotopic (exact) mass is 413 g/mol.